The summed E-state index contributed by atoms with van der Waals surface area (Å²) in [4.78, 5) is 16.6. The van der Waals surface area contributed by atoms with Gasteiger partial charge < -0.3 is 4.42 Å². The predicted molar refractivity (Wildman–Crippen MR) is 91.5 cm³/mol. The number of amides is 1. The minimum atomic E-state index is -0.228. The number of benzene rings is 1. The molecule has 0 saturated carbocycles. The molecule has 0 aliphatic heterocycles. The Morgan fingerprint density at radius 3 is 2.73 bits per heavy atom. The van der Waals surface area contributed by atoms with Crippen molar-refractivity contribution < 1.29 is 9.21 Å². The number of hydrogen-bond acceptors (Lipinski definition) is 4. The maximum Gasteiger partial charge on any atom is 0.258 e. The highest BCUT2D eigenvalue weighted by atomic mass is 79.9. The first-order chi connectivity index (χ1) is 10.7. The van der Waals surface area contributed by atoms with Gasteiger partial charge in [-0.1, -0.05) is 28.1 Å². The molecule has 2 aromatic heterocycles. The fourth-order valence-corrected chi connectivity index (χ4v) is 2.66. The lowest BCUT2D eigenvalue weighted by Crippen LogP contribution is -2.13. The topological polar surface area (TPSA) is 55.1 Å². The fourth-order valence-electron chi connectivity index (χ4n) is 1.87. The van der Waals surface area contributed by atoms with Crippen LogP contribution < -0.4 is 5.32 Å². The van der Waals surface area contributed by atoms with Crippen LogP contribution in [0.2, 0.25) is 0 Å². The summed E-state index contributed by atoms with van der Waals surface area (Å²) in [5.74, 6) is 0.390. The Morgan fingerprint density at radius 1 is 1.27 bits per heavy atom. The van der Waals surface area contributed by atoms with Crippen LogP contribution in [0, 0.1) is 0 Å². The van der Waals surface area contributed by atoms with E-state index in [-0.39, 0.29) is 5.91 Å². The third-order valence-corrected chi connectivity index (χ3v) is 4.10. The second-order valence-corrected chi connectivity index (χ2v) is 6.18. The second kappa shape index (κ2) is 6.72. The highest BCUT2D eigenvalue weighted by Crippen LogP contribution is 2.23. The summed E-state index contributed by atoms with van der Waals surface area (Å²) in [5.41, 5.74) is 1.31. The van der Waals surface area contributed by atoms with Crippen molar-refractivity contribution in [1.82, 2.24) is 4.98 Å². The summed E-state index contributed by atoms with van der Waals surface area (Å²) in [7, 11) is 0. The fraction of sp³-hybridized carbons (Fsp3) is 0. The molecule has 3 aromatic rings. The van der Waals surface area contributed by atoms with Crippen molar-refractivity contribution >= 4 is 50.0 Å². The summed E-state index contributed by atoms with van der Waals surface area (Å²) in [6.07, 6.45) is 4.94. The number of carbonyl (C=O) groups is 1. The van der Waals surface area contributed by atoms with E-state index >= 15 is 0 Å². The Morgan fingerprint density at radius 2 is 2.09 bits per heavy atom. The van der Waals surface area contributed by atoms with Gasteiger partial charge in [0.15, 0.2) is 5.13 Å². The molecule has 0 radical (unpaired) electrons. The van der Waals surface area contributed by atoms with E-state index in [1.54, 1.807) is 30.7 Å². The molecule has 6 heteroatoms. The van der Waals surface area contributed by atoms with Gasteiger partial charge in [-0.15, -0.1) is 11.3 Å². The molecule has 1 amide bonds. The molecular weight excluding hydrogens is 364 g/mol. The standard InChI is InChI=1S/C16H11BrN2O2S/c17-12-5-3-11(4-6-12)14(10-13-2-1-8-21-13)15(20)19-16-18-7-9-22-16/h1-10H,(H,18,19,20)/b14-10+. The molecule has 0 bridgehead atoms. The number of nitrogens with one attached hydrogen (secondary N) is 1. The third-order valence-electron chi connectivity index (χ3n) is 2.88. The van der Waals surface area contributed by atoms with Crippen molar-refractivity contribution in [1.29, 1.82) is 0 Å². The molecule has 1 N–H and O–H groups in total. The number of thiazole rings is 1. The van der Waals surface area contributed by atoms with Gasteiger partial charge >= 0.3 is 0 Å². The van der Waals surface area contributed by atoms with E-state index < -0.39 is 0 Å². The van der Waals surface area contributed by atoms with Gasteiger partial charge in [-0.2, -0.15) is 0 Å². The molecule has 0 spiro atoms. The number of rotatable bonds is 4. The molecule has 0 fully saturated rings. The average molecular weight is 375 g/mol. The zero-order chi connectivity index (χ0) is 15.4. The van der Waals surface area contributed by atoms with Gasteiger partial charge in [0.2, 0.25) is 0 Å². The van der Waals surface area contributed by atoms with Crippen molar-refractivity contribution in [3.05, 3.63) is 70.0 Å². The van der Waals surface area contributed by atoms with E-state index in [1.165, 1.54) is 11.3 Å². The summed E-state index contributed by atoms with van der Waals surface area (Å²) >= 11 is 4.77. The number of hydrogen-bond donors (Lipinski definition) is 1. The molecule has 0 aliphatic carbocycles. The van der Waals surface area contributed by atoms with Gasteiger partial charge in [-0.3, -0.25) is 10.1 Å². The quantitative estimate of drug-likeness (QED) is 0.674. The van der Waals surface area contributed by atoms with Crippen LogP contribution in [0.4, 0.5) is 5.13 Å². The first-order valence-corrected chi connectivity index (χ1v) is 8.11. The number of carbonyl (C=O) groups excluding carboxylic acids is 1. The van der Waals surface area contributed by atoms with Gasteiger partial charge in [0.25, 0.3) is 5.91 Å². The van der Waals surface area contributed by atoms with Crippen LogP contribution in [0.15, 0.2) is 63.1 Å². The van der Waals surface area contributed by atoms with Crippen molar-refractivity contribution in [2.24, 2.45) is 0 Å². The molecule has 4 nitrogen and oxygen atoms in total. The maximum absolute atomic E-state index is 12.6. The van der Waals surface area contributed by atoms with Crippen LogP contribution in [-0.2, 0) is 4.79 Å². The van der Waals surface area contributed by atoms with Gasteiger partial charge in [0, 0.05) is 16.0 Å². The Balaban J connectivity index is 1.95. The zero-order valence-electron chi connectivity index (χ0n) is 11.3. The summed E-state index contributed by atoms with van der Waals surface area (Å²) in [5, 5.41) is 5.17. The number of anilines is 1. The molecule has 1 aromatic carbocycles. The van der Waals surface area contributed by atoms with Crippen LogP contribution in [-0.4, -0.2) is 10.9 Å². The van der Waals surface area contributed by atoms with E-state index in [1.807, 2.05) is 29.6 Å². The minimum absolute atomic E-state index is 0.228. The average Bonchev–Trinajstić information content (AvgIpc) is 3.19. The molecule has 3 rings (SSSR count). The highest BCUT2D eigenvalue weighted by Gasteiger charge is 2.14. The van der Waals surface area contributed by atoms with Crippen molar-refractivity contribution in [3.63, 3.8) is 0 Å². The van der Waals surface area contributed by atoms with E-state index in [9.17, 15) is 4.79 Å². The van der Waals surface area contributed by atoms with Gasteiger partial charge in [0.05, 0.1) is 11.8 Å². The largest absolute Gasteiger partial charge is 0.465 e. The van der Waals surface area contributed by atoms with Crippen molar-refractivity contribution in [3.8, 4) is 0 Å². The van der Waals surface area contributed by atoms with Crippen LogP contribution in [0.1, 0.15) is 11.3 Å². The smallest absolute Gasteiger partial charge is 0.258 e. The molecule has 0 unspecified atom stereocenters. The molecule has 0 atom stereocenters. The number of aromatic nitrogens is 1. The van der Waals surface area contributed by atoms with Crippen LogP contribution in [0.25, 0.3) is 11.6 Å². The van der Waals surface area contributed by atoms with E-state index in [0.717, 1.165) is 10.0 Å². The van der Waals surface area contributed by atoms with Gasteiger partial charge in [-0.05, 0) is 35.9 Å². The SMILES string of the molecule is O=C(Nc1nccs1)/C(=C/c1ccco1)c1ccc(Br)cc1. The third kappa shape index (κ3) is 3.52. The Bertz CT molecular complexity index is 778. The highest BCUT2D eigenvalue weighted by molar-refractivity contribution is 9.10. The molecule has 0 aliphatic rings. The predicted octanol–water partition coefficient (Wildman–Crippen LogP) is 4.68. The second-order valence-electron chi connectivity index (χ2n) is 4.37. The Hall–Kier alpha value is -2.18. The van der Waals surface area contributed by atoms with E-state index in [4.69, 9.17) is 4.42 Å². The maximum atomic E-state index is 12.6. The van der Waals surface area contributed by atoms with Gasteiger partial charge in [0.1, 0.15) is 5.76 Å². The first-order valence-electron chi connectivity index (χ1n) is 6.44. The lowest BCUT2D eigenvalue weighted by atomic mass is 10.0. The summed E-state index contributed by atoms with van der Waals surface area (Å²) in [6, 6.07) is 11.1. The number of furan rings is 1. The van der Waals surface area contributed by atoms with E-state index in [0.29, 0.717) is 16.5 Å². The first kappa shape index (κ1) is 14.7. The molecule has 22 heavy (non-hydrogen) atoms. The summed E-state index contributed by atoms with van der Waals surface area (Å²) in [6.45, 7) is 0. The van der Waals surface area contributed by atoms with Crippen LogP contribution >= 0.6 is 27.3 Å². The monoisotopic (exact) mass is 374 g/mol. The van der Waals surface area contributed by atoms with Crippen LogP contribution in [0.5, 0.6) is 0 Å². The van der Waals surface area contributed by atoms with Crippen molar-refractivity contribution in [2.75, 3.05) is 5.32 Å². The van der Waals surface area contributed by atoms with Crippen LogP contribution in [0.3, 0.4) is 0 Å². The lowest BCUT2D eigenvalue weighted by Gasteiger charge is -2.07. The normalized spacial score (nSPS) is 11.4. The summed E-state index contributed by atoms with van der Waals surface area (Å²) < 4.78 is 6.27. The molecule has 110 valence electrons. The molecule has 0 saturated heterocycles. The lowest BCUT2D eigenvalue weighted by molar-refractivity contribution is -0.111. The van der Waals surface area contributed by atoms with Gasteiger partial charge in [-0.25, -0.2) is 4.98 Å². The number of halogens is 1. The Labute approximate surface area is 139 Å². The minimum Gasteiger partial charge on any atom is -0.465 e. The Kier molecular flexibility index (Phi) is 4.50. The molecule has 2 heterocycles. The van der Waals surface area contributed by atoms with Crippen molar-refractivity contribution in [2.45, 2.75) is 0 Å². The number of nitrogens with zero attached hydrogens (tertiary/aromatic N) is 1. The molecular formula is C16H11BrN2O2S. The van der Waals surface area contributed by atoms with E-state index in [2.05, 4.69) is 26.2 Å². The zero-order valence-corrected chi connectivity index (χ0v) is 13.7.